The normalized spacial score (nSPS) is 17.9. The number of amides is 2. The number of thiophene rings is 1. The second-order valence-electron chi connectivity index (χ2n) is 5.42. The summed E-state index contributed by atoms with van der Waals surface area (Å²) in [5.74, 6) is -0.152. The van der Waals surface area contributed by atoms with Crippen LogP contribution in [-0.4, -0.2) is 29.8 Å². The van der Waals surface area contributed by atoms with Crippen LogP contribution in [0.1, 0.15) is 22.9 Å². The van der Waals surface area contributed by atoms with Crippen molar-refractivity contribution in [1.82, 2.24) is 10.2 Å². The summed E-state index contributed by atoms with van der Waals surface area (Å²) in [5.41, 5.74) is 0.749. The number of nitrogens with zero attached hydrogens (tertiary/aromatic N) is 1. The number of halogens is 1. The van der Waals surface area contributed by atoms with Gasteiger partial charge in [0.1, 0.15) is 6.04 Å². The molecule has 0 bridgehead atoms. The molecule has 0 saturated carbocycles. The fraction of sp³-hybridized carbons (Fsp3) is 0.294. The summed E-state index contributed by atoms with van der Waals surface area (Å²) in [6, 6.07) is 10.5. The molecule has 120 valence electrons. The van der Waals surface area contributed by atoms with E-state index in [1.807, 2.05) is 23.6 Å². The van der Waals surface area contributed by atoms with Gasteiger partial charge in [0.05, 0.1) is 0 Å². The number of aryl methyl sites for hydroxylation is 1. The topological polar surface area (TPSA) is 49.4 Å². The predicted octanol–water partition coefficient (Wildman–Crippen LogP) is 3.03. The third-order valence-corrected chi connectivity index (χ3v) is 5.03. The number of rotatable bonds is 4. The van der Waals surface area contributed by atoms with Gasteiger partial charge in [0.2, 0.25) is 11.8 Å². The molecule has 6 heteroatoms. The van der Waals surface area contributed by atoms with E-state index in [0.717, 1.165) is 5.56 Å². The third-order valence-electron chi connectivity index (χ3n) is 3.86. The zero-order chi connectivity index (χ0) is 16.2. The molecule has 1 aliphatic heterocycles. The standard InChI is InChI=1S/C17H17ClN2O2S/c18-13-4-1-3-12(11-13)16-17(22)19-8-9-20(16)15(21)7-6-14-5-2-10-23-14/h1-5,10-11,16H,6-9H2,(H,19,22). The van der Waals surface area contributed by atoms with Gasteiger partial charge in [-0.1, -0.05) is 29.8 Å². The first-order valence-electron chi connectivity index (χ1n) is 7.50. The second kappa shape index (κ2) is 7.15. The van der Waals surface area contributed by atoms with Gasteiger partial charge < -0.3 is 10.2 Å². The number of nitrogens with one attached hydrogen (secondary N) is 1. The maximum Gasteiger partial charge on any atom is 0.247 e. The highest BCUT2D eigenvalue weighted by atomic mass is 35.5. The Bertz CT molecular complexity index is 702. The molecule has 0 spiro atoms. The Kier molecular flexibility index (Phi) is 4.98. The molecule has 3 rings (SSSR count). The molecule has 2 aromatic rings. The molecule has 1 saturated heterocycles. The van der Waals surface area contributed by atoms with E-state index in [4.69, 9.17) is 11.6 Å². The molecule has 2 heterocycles. The molecule has 1 unspecified atom stereocenters. The van der Waals surface area contributed by atoms with Crippen molar-refractivity contribution in [2.75, 3.05) is 13.1 Å². The lowest BCUT2D eigenvalue weighted by Gasteiger charge is -2.35. The zero-order valence-electron chi connectivity index (χ0n) is 12.5. The molecule has 2 amide bonds. The first-order valence-corrected chi connectivity index (χ1v) is 8.76. The molecule has 1 aromatic carbocycles. The minimum atomic E-state index is -0.599. The molecule has 4 nitrogen and oxygen atoms in total. The van der Waals surface area contributed by atoms with Crippen molar-refractivity contribution >= 4 is 34.8 Å². The van der Waals surface area contributed by atoms with E-state index in [-0.39, 0.29) is 11.8 Å². The quantitative estimate of drug-likeness (QED) is 0.923. The van der Waals surface area contributed by atoms with Gasteiger partial charge in [0, 0.05) is 29.4 Å². The monoisotopic (exact) mass is 348 g/mol. The smallest absolute Gasteiger partial charge is 0.247 e. The summed E-state index contributed by atoms with van der Waals surface area (Å²) < 4.78 is 0. The van der Waals surface area contributed by atoms with Gasteiger partial charge in [0.25, 0.3) is 0 Å². The Morgan fingerprint density at radius 1 is 1.35 bits per heavy atom. The molecular weight excluding hydrogens is 332 g/mol. The largest absolute Gasteiger partial charge is 0.352 e. The molecule has 1 fully saturated rings. The van der Waals surface area contributed by atoms with Gasteiger partial charge >= 0.3 is 0 Å². The van der Waals surface area contributed by atoms with Crippen LogP contribution in [0.5, 0.6) is 0 Å². The van der Waals surface area contributed by atoms with Crippen molar-refractivity contribution in [3.8, 4) is 0 Å². The Morgan fingerprint density at radius 2 is 2.22 bits per heavy atom. The van der Waals surface area contributed by atoms with Crippen LogP contribution in [0.3, 0.4) is 0 Å². The van der Waals surface area contributed by atoms with Gasteiger partial charge in [-0.3, -0.25) is 9.59 Å². The number of hydrogen-bond donors (Lipinski definition) is 1. The van der Waals surface area contributed by atoms with Crippen molar-refractivity contribution in [2.45, 2.75) is 18.9 Å². The van der Waals surface area contributed by atoms with Crippen LogP contribution in [-0.2, 0) is 16.0 Å². The number of benzene rings is 1. The SMILES string of the molecule is O=C1NCCN(C(=O)CCc2cccs2)C1c1cccc(Cl)c1. The van der Waals surface area contributed by atoms with Gasteiger partial charge in [-0.15, -0.1) is 11.3 Å². The highest BCUT2D eigenvalue weighted by Gasteiger charge is 2.34. The van der Waals surface area contributed by atoms with Gasteiger partial charge in [0.15, 0.2) is 0 Å². The zero-order valence-corrected chi connectivity index (χ0v) is 14.1. The Morgan fingerprint density at radius 3 is 2.96 bits per heavy atom. The highest BCUT2D eigenvalue weighted by molar-refractivity contribution is 7.09. The maximum atomic E-state index is 12.6. The van der Waals surface area contributed by atoms with E-state index in [2.05, 4.69) is 5.32 Å². The first kappa shape index (κ1) is 16.0. The van der Waals surface area contributed by atoms with Gasteiger partial charge in [-0.25, -0.2) is 0 Å². The Balaban J connectivity index is 1.77. The fourth-order valence-corrected chi connectivity index (χ4v) is 3.68. The summed E-state index contributed by atoms with van der Waals surface area (Å²) in [4.78, 5) is 27.8. The molecule has 0 aliphatic carbocycles. The number of piperazine rings is 1. The summed E-state index contributed by atoms with van der Waals surface area (Å²) >= 11 is 7.68. The Labute approximate surface area is 144 Å². The lowest BCUT2D eigenvalue weighted by atomic mass is 10.0. The molecule has 23 heavy (non-hydrogen) atoms. The van der Waals surface area contributed by atoms with Crippen molar-refractivity contribution < 1.29 is 9.59 Å². The van der Waals surface area contributed by atoms with Crippen molar-refractivity contribution in [2.24, 2.45) is 0 Å². The van der Waals surface area contributed by atoms with Crippen LogP contribution in [0.15, 0.2) is 41.8 Å². The fourth-order valence-electron chi connectivity index (χ4n) is 2.77. The second-order valence-corrected chi connectivity index (χ2v) is 6.88. The average molecular weight is 349 g/mol. The van der Waals surface area contributed by atoms with Crippen molar-refractivity contribution in [1.29, 1.82) is 0 Å². The van der Waals surface area contributed by atoms with E-state index in [1.54, 1.807) is 34.4 Å². The van der Waals surface area contributed by atoms with Crippen LogP contribution in [0.2, 0.25) is 5.02 Å². The van der Waals surface area contributed by atoms with Crippen LogP contribution in [0, 0.1) is 0 Å². The lowest BCUT2D eigenvalue weighted by Crippen LogP contribution is -2.52. The van der Waals surface area contributed by atoms with Crippen LogP contribution < -0.4 is 5.32 Å². The van der Waals surface area contributed by atoms with Crippen LogP contribution in [0.4, 0.5) is 0 Å². The predicted molar refractivity (Wildman–Crippen MR) is 91.6 cm³/mol. The number of hydrogen-bond acceptors (Lipinski definition) is 3. The summed E-state index contributed by atoms with van der Waals surface area (Å²) in [6.07, 6.45) is 1.11. The summed E-state index contributed by atoms with van der Waals surface area (Å²) in [7, 11) is 0. The molecule has 1 aliphatic rings. The minimum absolute atomic E-state index is 0.00164. The van der Waals surface area contributed by atoms with E-state index in [1.165, 1.54) is 4.88 Å². The lowest BCUT2D eigenvalue weighted by molar-refractivity contribution is -0.143. The minimum Gasteiger partial charge on any atom is -0.352 e. The highest BCUT2D eigenvalue weighted by Crippen LogP contribution is 2.26. The molecule has 1 aromatic heterocycles. The van der Waals surface area contributed by atoms with Crippen molar-refractivity contribution in [3.63, 3.8) is 0 Å². The molecule has 0 radical (unpaired) electrons. The Hall–Kier alpha value is -1.85. The van der Waals surface area contributed by atoms with Crippen LogP contribution in [0.25, 0.3) is 0 Å². The summed E-state index contributed by atoms with van der Waals surface area (Å²) in [6.45, 7) is 1.01. The molecular formula is C17H17ClN2O2S. The molecule has 1 atom stereocenters. The van der Waals surface area contributed by atoms with Gasteiger partial charge in [-0.05, 0) is 35.6 Å². The number of carbonyl (C=O) groups excluding carboxylic acids is 2. The third kappa shape index (κ3) is 3.74. The average Bonchev–Trinajstić information content (AvgIpc) is 3.05. The van der Waals surface area contributed by atoms with Crippen molar-refractivity contribution in [3.05, 3.63) is 57.2 Å². The van der Waals surface area contributed by atoms with E-state index in [0.29, 0.717) is 31.0 Å². The van der Waals surface area contributed by atoms with Crippen LogP contribution >= 0.6 is 22.9 Å². The van der Waals surface area contributed by atoms with E-state index < -0.39 is 6.04 Å². The first-order chi connectivity index (χ1) is 11.1. The summed E-state index contributed by atoms with van der Waals surface area (Å²) in [5, 5.41) is 5.40. The van der Waals surface area contributed by atoms with E-state index in [9.17, 15) is 9.59 Å². The maximum absolute atomic E-state index is 12.6. The van der Waals surface area contributed by atoms with Gasteiger partial charge in [-0.2, -0.15) is 0 Å². The number of carbonyl (C=O) groups is 2. The van der Waals surface area contributed by atoms with E-state index >= 15 is 0 Å². The molecule has 1 N–H and O–H groups in total.